The molecule has 0 fully saturated rings. The second-order valence-corrected chi connectivity index (χ2v) is 4.67. The van der Waals surface area contributed by atoms with Crippen LogP contribution in [0.2, 0.25) is 0 Å². The van der Waals surface area contributed by atoms with Gasteiger partial charge in [-0.2, -0.15) is 5.10 Å². The summed E-state index contributed by atoms with van der Waals surface area (Å²) < 4.78 is 14.9. The van der Waals surface area contributed by atoms with E-state index >= 15 is 0 Å². The van der Waals surface area contributed by atoms with E-state index in [1.54, 1.807) is 31.6 Å². The molecule has 5 nitrogen and oxygen atoms in total. The van der Waals surface area contributed by atoms with Crippen LogP contribution in [-0.4, -0.2) is 14.8 Å². The summed E-state index contributed by atoms with van der Waals surface area (Å²) in [6, 6.07) is 7.46. The van der Waals surface area contributed by atoms with E-state index in [-0.39, 0.29) is 11.2 Å². The van der Waals surface area contributed by atoms with Crippen molar-refractivity contribution in [1.29, 1.82) is 0 Å². The monoisotopic (exact) mass is 284 g/mol. The maximum Gasteiger partial charge on any atom is 0.191 e. The van der Waals surface area contributed by atoms with Gasteiger partial charge in [0.05, 0.1) is 11.1 Å². The first kappa shape index (κ1) is 13.1. The molecule has 2 aromatic heterocycles. The van der Waals surface area contributed by atoms with Crippen molar-refractivity contribution in [3.8, 4) is 22.4 Å². The van der Waals surface area contributed by atoms with Crippen LogP contribution in [0.25, 0.3) is 22.4 Å². The fraction of sp³-hybridized carbons (Fsp3) is 0.0667. The van der Waals surface area contributed by atoms with Gasteiger partial charge >= 0.3 is 0 Å². The smallest absolute Gasteiger partial charge is 0.191 e. The lowest BCUT2D eigenvalue weighted by Gasteiger charge is -2.04. The van der Waals surface area contributed by atoms with Crippen molar-refractivity contribution in [2.75, 3.05) is 5.73 Å². The van der Waals surface area contributed by atoms with Crippen LogP contribution < -0.4 is 11.2 Å². The molecule has 3 aromatic rings. The summed E-state index contributed by atoms with van der Waals surface area (Å²) in [4.78, 5) is 14.9. The standard InChI is InChI=1S/C15H13FN4O/c1-20-15(17)13(9-3-2-4-10(16)7-9)14(19-20)11-8-18-6-5-12(11)21/h2-8H,17H2,1H3,(H,18,21). The fourth-order valence-electron chi connectivity index (χ4n) is 2.26. The van der Waals surface area contributed by atoms with Crippen LogP contribution in [0.15, 0.2) is 47.5 Å². The quantitative estimate of drug-likeness (QED) is 0.757. The number of hydrogen-bond donors (Lipinski definition) is 2. The zero-order chi connectivity index (χ0) is 15.0. The number of rotatable bonds is 2. The van der Waals surface area contributed by atoms with Crippen molar-refractivity contribution in [1.82, 2.24) is 14.8 Å². The van der Waals surface area contributed by atoms with Crippen LogP contribution in [0.1, 0.15) is 0 Å². The summed E-state index contributed by atoms with van der Waals surface area (Å²) >= 11 is 0. The Morgan fingerprint density at radius 1 is 1.33 bits per heavy atom. The lowest BCUT2D eigenvalue weighted by molar-refractivity contribution is 0.628. The van der Waals surface area contributed by atoms with Gasteiger partial charge in [0.15, 0.2) is 5.43 Å². The van der Waals surface area contributed by atoms with E-state index in [4.69, 9.17) is 5.73 Å². The van der Waals surface area contributed by atoms with E-state index in [1.165, 1.54) is 22.9 Å². The molecule has 6 heteroatoms. The van der Waals surface area contributed by atoms with Crippen molar-refractivity contribution in [3.05, 3.63) is 58.8 Å². The number of pyridine rings is 1. The first-order valence-electron chi connectivity index (χ1n) is 6.34. The molecule has 0 bridgehead atoms. The highest BCUT2D eigenvalue weighted by Crippen LogP contribution is 2.34. The molecule has 0 saturated heterocycles. The summed E-state index contributed by atoms with van der Waals surface area (Å²) in [5, 5.41) is 4.30. The third-order valence-electron chi connectivity index (χ3n) is 3.28. The number of nitrogens with one attached hydrogen (secondary N) is 1. The lowest BCUT2D eigenvalue weighted by Crippen LogP contribution is -2.04. The van der Waals surface area contributed by atoms with Crippen molar-refractivity contribution in [3.63, 3.8) is 0 Å². The first-order chi connectivity index (χ1) is 10.1. The molecule has 0 aliphatic rings. The molecule has 1 aromatic carbocycles. The van der Waals surface area contributed by atoms with Crippen LogP contribution in [-0.2, 0) is 7.05 Å². The Morgan fingerprint density at radius 2 is 2.14 bits per heavy atom. The number of aromatic nitrogens is 3. The van der Waals surface area contributed by atoms with Gasteiger partial charge in [0.1, 0.15) is 17.3 Å². The van der Waals surface area contributed by atoms with Crippen molar-refractivity contribution >= 4 is 5.82 Å². The number of anilines is 1. The molecule has 0 saturated carbocycles. The van der Waals surface area contributed by atoms with Gasteiger partial charge < -0.3 is 10.7 Å². The molecule has 0 unspecified atom stereocenters. The summed E-state index contributed by atoms with van der Waals surface area (Å²) in [5.74, 6) is 0.00234. The predicted octanol–water partition coefficient (Wildman–Crippen LogP) is 2.16. The van der Waals surface area contributed by atoms with Crippen LogP contribution in [0.3, 0.4) is 0 Å². The molecule has 0 amide bonds. The second-order valence-electron chi connectivity index (χ2n) is 4.67. The predicted molar refractivity (Wildman–Crippen MR) is 79.1 cm³/mol. The van der Waals surface area contributed by atoms with Gasteiger partial charge in [-0.25, -0.2) is 4.39 Å². The van der Waals surface area contributed by atoms with Gasteiger partial charge in [0.2, 0.25) is 0 Å². The molecular formula is C15H13FN4O. The maximum atomic E-state index is 13.5. The summed E-state index contributed by atoms with van der Waals surface area (Å²) in [6.07, 6.45) is 3.10. The Bertz CT molecular complexity index is 866. The minimum atomic E-state index is -0.372. The van der Waals surface area contributed by atoms with E-state index in [9.17, 15) is 9.18 Å². The van der Waals surface area contributed by atoms with E-state index in [0.717, 1.165) is 0 Å². The third-order valence-corrected chi connectivity index (χ3v) is 3.28. The van der Waals surface area contributed by atoms with E-state index in [2.05, 4.69) is 10.1 Å². The lowest BCUT2D eigenvalue weighted by atomic mass is 10.0. The van der Waals surface area contributed by atoms with Gasteiger partial charge in [-0.3, -0.25) is 9.48 Å². The Hall–Kier alpha value is -2.89. The molecule has 0 aliphatic heterocycles. The molecule has 0 aliphatic carbocycles. The summed E-state index contributed by atoms with van der Waals surface area (Å²) in [5.41, 5.74) is 7.82. The Labute approximate surface area is 119 Å². The molecule has 3 rings (SSSR count). The van der Waals surface area contributed by atoms with E-state index in [0.29, 0.717) is 28.2 Å². The first-order valence-corrected chi connectivity index (χ1v) is 6.34. The molecule has 3 N–H and O–H groups in total. The number of nitrogens with two attached hydrogens (primary N) is 1. The Kier molecular flexibility index (Phi) is 3.06. The molecule has 21 heavy (non-hydrogen) atoms. The highest BCUT2D eigenvalue weighted by atomic mass is 19.1. The minimum Gasteiger partial charge on any atom is -0.383 e. The van der Waals surface area contributed by atoms with Gasteiger partial charge in [0.25, 0.3) is 0 Å². The maximum absolute atomic E-state index is 13.5. The highest BCUT2D eigenvalue weighted by molar-refractivity contribution is 5.87. The van der Waals surface area contributed by atoms with E-state index in [1.807, 2.05) is 0 Å². The summed E-state index contributed by atoms with van der Waals surface area (Å²) in [7, 11) is 1.68. The van der Waals surface area contributed by atoms with Crippen molar-refractivity contribution < 1.29 is 4.39 Å². The third kappa shape index (κ3) is 2.20. The average Bonchev–Trinajstić information content (AvgIpc) is 2.75. The average molecular weight is 284 g/mol. The molecule has 0 atom stereocenters. The number of halogens is 1. The van der Waals surface area contributed by atoms with Gasteiger partial charge in [-0.15, -0.1) is 0 Å². The zero-order valence-electron chi connectivity index (χ0n) is 11.3. The van der Waals surface area contributed by atoms with Crippen molar-refractivity contribution in [2.24, 2.45) is 7.05 Å². The topological polar surface area (TPSA) is 76.7 Å². The minimum absolute atomic E-state index is 0.176. The molecule has 2 heterocycles. The van der Waals surface area contributed by atoms with Gasteiger partial charge in [-0.05, 0) is 17.7 Å². The number of nitrogens with zero attached hydrogens (tertiary/aromatic N) is 2. The number of aromatic amines is 1. The van der Waals surface area contributed by atoms with Crippen LogP contribution in [0, 0.1) is 5.82 Å². The van der Waals surface area contributed by atoms with Crippen LogP contribution >= 0.6 is 0 Å². The normalized spacial score (nSPS) is 10.8. The van der Waals surface area contributed by atoms with Crippen molar-refractivity contribution in [2.45, 2.75) is 0 Å². The largest absolute Gasteiger partial charge is 0.383 e. The molecular weight excluding hydrogens is 271 g/mol. The summed E-state index contributed by atoms with van der Waals surface area (Å²) in [6.45, 7) is 0. The molecule has 0 spiro atoms. The van der Waals surface area contributed by atoms with Crippen LogP contribution in [0.4, 0.5) is 10.2 Å². The fourth-order valence-corrected chi connectivity index (χ4v) is 2.26. The molecule has 0 radical (unpaired) electrons. The number of benzene rings is 1. The zero-order valence-corrected chi connectivity index (χ0v) is 11.3. The number of H-pyrrole nitrogens is 1. The highest BCUT2D eigenvalue weighted by Gasteiger charge is 2.19. The second kappa shape index (κ2) is 4.90. The van der Waals surface area contributed by atoms with E-state index < -0.39 is 0 Å². The molecule has 106 valence electrons. The Balaban J connectivity index is 2.31. The number of nitrogen functional groups attached to an aromatic ring is 1. The SMILES string of the molecule is Cn1nc(-c2c[nH]ccc2=O)c(-c2cccc(F)c2)c1N. The van der Waals surface area contributed by atoms with Crippen LogP contribution in [0.5, 0.6) is 0 Å². The number of hydrogen-bond acceptors (Lipinski definition) is 3. The number of aryl methyl sites for hydroxylation is 1. The Morgan fingerprint density at radius 3 is 2.86 bits per heavy atom. The van der Waals surface area contributed by atoms with Gasteiger partial charge in [0, 0.05) is 25.5 Å². The van der Waals surface area contributed by atoms with Gasteiger partial charge in [-0.1, -0.05) is 12.1 Å².